The molecule has 1 fully saturated rings. The highest BCUT2D eigenvalue weighted by molar-refractivity contribution is 5.24. The van der Waals surface area contributed by atoms with E-state index >= 15 is 0 Å². The zero-order chi connectivity index (χ0) is 15.1. The second-order valence-corrected chi connectivity index (χ2v) is 7.00. The van der Waals surface area contributed by atoms with Gasteiger partial charge < -0.3 is 10.4 Å². The minimum atomic E-state index is -0.387. The molecule has 118 valence electrons. The highest BCUT2D eigenvalue weighted by atomic mass is 16.3. The molecule has 0 heterocycles. The lowest BCUT2D eigenvalue weighted by atomic mass is 10.00. The molecule has 2 heteroatoms. The normalized spacial score (nSPS) is 17.5. The molecule has 0 saturated heterocycles. The van der Waals surface area contributed by atoms with Crippen molar-refractivity contribution in [1.82, 2.24) is 5.32 Å². The maximum Gasteiger partial charge on any atom is 0.0914 e. The van der Waals surface area contributed by atoms with Gasteiger partial charge in [0.25, 0.3) is 0 Å². The van der Waals surface area contributed by atoms with Crippen LogP contribution in [0.1, 0.15) is 63.2 Å². The Bertz CT molecular complexity index is 393. The van der Waals surface area contributed by atoms with E-state index in [1.165, 1.54) is 37.7 Å². The van der Waals surface area contributed by atoms with Crippen molar-refractivity contribution in [2.75, 3.05) is 13.1 Å². The minimum absolute atomic E-state index is 0.387. The molecule has 2 nitrogen and oxygen atoms in total. The summed E-state index contributed by atoms with van der Waals surface area (Å²) in [6.45, 7) is 6.16. The number of rotatable bonds is 8. The van der Waals surface area contributed by atoms with Crippen molar-refractivity contribution in [2.24, 2.45) is 11.8 Å². The van der Waals surface area contributed by atoms with Crippen molar-refractivity contribution in [1.29, 1.82) is 0 Å². The standard InChI is InChI=1S/C19H31NO/c1-15(2)13-17-7-9-18(10-8-17)19(21)14-20-12-11-16-5-3-4-6-16/h7-10,15-16,19-21H,3-6,11-14H2,1-2H3. The van der Waals surface area contributed by atoms with Crippen LogP contribution in [0.4, 0.5) is 0 Å². The molecular formula is C19H31NO. The van der Waals surface area contributed by atoms with E-state index < -0.39 is 0 Å². The third-order valence-electron chi connectivity index (χ3n) is 4.55. The van der Waals surface area contributed by atoms with Crippen LogP contribution in [0.25, 0.3) is 0 Å². The molecule has 1 atom stereocenters. The molecule has 1 aliphatic carbocycles. The number of aliphatic hydroxyl groups excluding tert-OH is 1. The van der Waals surface area contributed by atoms with Crippen molar-refractivity contribution >= 4 is 0 Å². The van der Waals surface area contributed by atoms with Crippen molar-refractivity contribution in [3.8, 4) is 0 Å². The van der Waals surface area contributed by atoms with Gasteiger partial charge in [0.05, 0.1) is 6.10 Å². The second kappa shape index (κ2) is 8.55. The fraction of sp³-hybridized carbons (Fsp3) is 0.684. The number of aliphatic hydroxyl groups is 1. The highest BCUT2D eigenvalue weighted by Gasteiger charge is 2.14. The summed E-state index contributed by atoms with van der Waals surface area (Å²) < 4.78 is 0. The van der Waals surface area contributed by atoms with Crippen molar-refractivity contribution < 1.29 is 5.11 Å². The maximum atomic E-state index is 10.2. The first kappa shape index (κ1) is 16.5. The molecule has 2 N–H and O–H groups in total. The summed E-state index contributed by atoms with van der Waals surface area (Å²) in [5.41, 5.74) is 2.38. The summed E-state index contributed by atoms with van der Waals surface area (Å²) in [7, 11) is 0. The Hall–Kier alpha value is -0.860. The Morgan fingerprint density at radius 3 is 2.43 bits per heavy atom. The molecule has 1 unspecified atom stereocenters. The zero-order valence-corrected chi connectivity index (χ0v) is 13.6. The van der Waals surface area contributed by atoms with E-state index in [2.05, 4.69) is 43.4 Å². The lowest BCUT2D eigenvalue weighted by molar-refractivity contribution is 0.174. The predicted molar refractivity (Wildman–Crippen MR) is 89.4 cm³/mol. The molecular weight excluding hydrogens is 258 g/mol. The van der Waals surface area contributed by atoms with Crippen LogP contribution in [0.5, 0.6) is 0 Å². The van der Waals surface area contributed by atoms with Crippen molar-refractivity contribution in [2.45, 2.75) is 58.5 Å². The lowest BCUT2D eigenvalue weighted by Gasteiger charge is -2.14. The van der Waals surface area contributed by atoms with E-state index in [9.17, 15) is 5.11 Å². The van der Waals surface area contributed by atoms with Gasteiger partial charge in [-0.25, -0.2) is 0 Å². The summed E-state index contributed by atoms with van der Waals surface area (Å²) >= 11 is 0. The SMILES string of the molecule is CC(C)Cc1ccc(C(O)CNCCC2CCCC2)cc1. The average Bonchev–Trinajstić information content (AvgIpc) is 2.97. The van der Waals surface area contributed by atoms with E-state index in [1.807, 2.05) is 0 Å². The third-order valence-corrected chi connectivity index (χ3v) is 4.55. The van der Waals surface area contributed by atoms with Gasteiger partial charge in [0.15, 0.2) is 0 Å². The van der Waals surface area contributed by atoms with E-state index in [0.29, 0.717) is 12.5 Å². The zero-order valence-electron chi connectivity index (χ0n) is 13.6. The molecule has 1 saturated carbocycles. The van der Waals surface area contributed by atoms with Crippen LogP contribution in [0, 0.1) is 11.8 Å². The average molecular weight is 289 g/mol. The molecule has 0 amide bonds. The van der Waals surface area contributed by atoms with Crippen molar-refractivity contribution in [3.63, 3.8) is 0 Å². The summed E-state index contributed by atoms with van der Waals surface area (Å²) in [6, 6.07) is 8.44. The largest absolute Gasteiger partial charge is 0.387 e. The smallest absolute Gasteiger partial charge is 0.0914 e. The molecule has 0 bridgehead atoms. The Morgan fingerprint density at radius 1 is 1.14 bits per heavy atom. The second-order valence-electron chi connectivity index (χ2n) is 7.00. The molecule has 1 aromatic rings. The highest BCUT2D eigenvalue weighted by Crippen LogP contribution is 2.26. The van der Waals surface area contributed by atoms with Crippen LogP contribution >= 0.6 is 0 Å². The van der Waals surface area contributed by atoms with E-state index in [-0.39, 0.29) is 6.10 Å². The predicted octanol–water partition coefficient (Wildman–Crippen LogP) is 4.09. The van der Waals surface area contributed by atoms with E-state index in [4.69, 9.17) is 0 Å². The Morgan fingerprint density at radius 2 is 1.81 bits per heavy atom. The first-order chi connectivity index (χ1) is 10.1. The van der Waals surface area contributed by atoms with Gasteiger partial charge in [-0.1, -0.05) is 63.8 Å². The van der Waals surface area contributed by atoms with Gasteiger partial charge in [-0.2, -0.15) is 0 Å². The van der Waals surface area contributed by atoms with Crippen molar-refractivity contribution in [3.05, 3.63) is 35.4 Å². The number of nitrogens with one attached hydrogen (secondary N) is 1. The Labute approximate surface area is 130 Å². The van der Waals surface area contributed by atoms with Crippen LogP contribution in [0.2, 0.25) is 0 Å². The first-order valence-electron chi connectivity index (χ1n) is 8.62. The van der Waals surface area contributed by atoms with E-state index in [1.54, 1.807) is 0 Å². The molecule has 0 spiro atoms. The Kier molecular flexibility index (Phi) is 6.72. The van der Waals surface area contributed by atoms with Gasteiger partial charge in [-0.05, 0) is 42.3 Å². The lowest BCUT2D eigenvalue weighted by Crippen LogP contribution is -2.23. The summed E-state index contributed by atoms with van der Waals surface area (Å²) in [5.74, 6) is 1.60. The first-order valence-corrected chi connectivity index (χ1v) is 8.62. The summed E-state index contributed by atoms with van der Waals surface area (Å²) in [4.78, 5) is 0. The number of hydrogen-bond acceptors (Lipinski definition) is 2. The van der Waals surface area contributed by atoms with E-state index in [0.717, 1.165) is 24.4 Å². The summed E-state index contributed by atoms with van der Waals surface area (Å²) in [5, 5.41) is 13.6. The third kappa shape index (κ3) is 5.80. The van der Waals surface area contributed by atoms with Gasteiger partial charge in [0, 0.05) is 6.54 Å². The molecule has 2 rings (SSSR count). The molecule has 0 radical (unpaired) electrons. The van der Waals surface area contributed by atoms with Gasteiger partial charge in [-0.15, -0.1) is 0 Å². The maximum absolute atomic E-state index is 10.2. The topological polar surface area (TPSA) is 32.3 Å². The van der Waals surface area contributed by atoms with Crippen LogP contribution in [-0.4, -0.2) is 18.2 Å². The monoisotopic (exact) mass is 289 g/mol. The fourth-order valence-electron chi connectivity index (χ4n) is 3.31. The molecule has 1 aliphatic rings. The fourth-order valence-corrected chi connectivity index (χ4v) is 3.31. The number of hydrogen-bond donors (Lipinski definition) is 2. The molecule has 0 aliphatic heterocycles. The minimum Gasteiger partial charge on any atom is -0.387 e. The van der Waals surface area contributed by atoms with Crippen LogP contribution in [-0.2, 0) is 6.42 Å². The quantitative estimate of drug-likeness (QED) is 0.707. The molecule has 0 aromatic heterocycles. The number of benzene rings is 1. The van der Waals surface area contributed by atoms with Gasteiger partial charge in [-0.3, -0.25) is 0 Å². The molecule has 21 heavy (non-hydrogen) atoms. The van der Waals surface area contributed by atoms with Crippen LogP contribution in [0.3, 0.4) is 0 Å². The van der Waals surface area contributed by atoms with Crippen LogP contribution in [0.15, 0.2) is 24.3 Å². The van der Waals surface area contributed by atoms with Crippen LogP contribution < -0.4 is 5.32 Å². The van der Waals surface area contributed by atoms with Gasteiger partial charge in [0.1, 0.15) is 0 Å². The summed E-state index contributed by atoms with van der Waals surface area (Å²) in [6.07, 6.45) is 7.62. The van der Waals surface area contributed by atoms with Gasteiger partial charge >= 0.3 is 0 Å². The van der Waals surface area contributed by atoms with Gasteiger partial charge in [0.2, 0.25) is 0 Å². The molecule has 1 aromatic carbocycles. The Balaban J connectivity index is 1.68.